The van der Waals surface area contributed by atoms with Crippen LogP contribution in [0.15, 0.2) is 12.1 Å². The normalized spacial score (nSPS) is 19.0. The zero-order valence-corrected chi connectivity index (χ0v) is 11.0. The molecule has 2 rings (SSSR count). The minimum atomic E-state index is -1.06. The summed E-state index contributed by atoms with van der Waals surface area (Å²) in [6.07, 6.45) is 0.183. The van der Waals surface area contributed by atoms with Crippen LogP contribution in [-0.4, -0.2) is 22.8 Å². The number of nitrogens with zero attached hydrogens (tertiary/aromatic N) is 1. The molecule has 1 heterocycles. The maximum atomic E-state index is 13.2. The van der Waals surface area contributed by atoms with Crippen molar-refractivity contribution in [3.63, 3.8) is 0 Å². The number of anilines is 2. The zero-order valence-electron chi connectivity index (χ0n) is 10.2. The summed E-state index contributed by atoms with van der Waals surface area (Å²) in [5, 5.41) is -0.268. The number of nitrogens with two attached hydrogens (primary N) is 1. The molecule has 0 radical (unpaired) electrons. The van der Waals surface area contributed by atoms with Gasteiger partial charge in [-0.2, -0.15) is 0 Å². The number of carbonyl (C=O) groups is 2. The van der Waals surface area contributed by atoms with E-state index in [1.807, 2.05) is 0 Å². The maximum Gasteiger partial charge on any atom is 0.228 e. The van der Waals surface area contributed by atoms with Gasteiger partial charge >= 0.3 is 0 Å². The Kier molecular flexibility index (Phi) is 3.75. The van der Waals surface area contributed by atoms with Crippen LogP contribution in [0.4, 0.5) is 20.2 Å². The lowest BCUT2D eigenvalue weighted by Gasteiger charge is -2.18. The van der Waals surface area contributed by atoms with Crippen LogP contribution in [-0.2, 0) is 9.59 Å². The second-order valence-electron chi connectivity index (χ2n) is 4.27. The summed E-state index contributed by atoms with van der Waals surface area (Å²) in [6, 6.07) is 1.76. The number of hydrogen-bond acceptors (Lipinski definition) is 4. The molecule has 1 unspecified atom stereocenters. The molecule has 1 amide bonds. The standard InChI is InChI=1S/C12H12F2N2O2S/c1-6(17)19-7-2-12(18)16(5-7)11-4-9(14)8(13)3-10(11)15/h3-4,7H,2,5,15H2,1H3. The van der Waals surface area contributed by atoms with Crippen LogP contribution < -0.4 is 10.6 Å². The lowest BCUT2D eigenvalue weighted by Crippen LogP contribution is -2.26. The average Bonchev–Trinajstić information content (AvgIpc) is 2.63. The van der Waals surface area contributed by atoms with Gasteiger partial charge in [-0.25, -0.2) is 8.78 Å². The van der Waals surface area contributed by atoms with Crippen LogP contribution >= 0.6 is 11.8 Å². The molecule has 0 saturated carbocycles. The highest BCUT2D eigenvalue weighted by molar-refractivity contribution is 8.14. The predicted octanol–water partition coefficient (Wildman–Crippen LogP) is 1.93. The van der Waals surface area contributed by atoms with Gasteiger partial charge in [0.2, 0.25) is 5.91 Å². The maximum absolute atomic E-state index is 13.2. The van der Waals surface area contributed by atoms with Crippen molar-refractivity contribution in [3.05, 3.63) is 23.8 Å². The SMILES string of the molecule is CC(=O)SC1CC(=O)N(c2cc(F)c(F)cc2N)C1. The predicted molar refractivity (Wildman–Crippen MR) is 69.8 cm³/mol. The van der Waals surface area contributed by atoms with Crippen molar-refractivity contribution in [2.75, 3.05) is 17.2 Å². The number of rotatable bonds is 2. The average molecular weight is 286 g/mol. The summed E-state index contributed by atoms with van der Waals surface area (Å²) in [5.41, 5.74) is 5.75. The van der Waals surface area contributed by atoms with E-state index in [9.17, 15) is 18.4 Å². The van der Waals surface area contributed by atoms with E-state index < -0.39 is 11.6 Å². The molecule has 1 aliphatic rings. The van der Waals surface area contributed by atoms with Crippen LogP contribution in [0.1, 0.15) is 13.3 Å². The van der Waals surface area contributed by atoms with E-state index >= 15 is 0 Å². The first-order valence-electron chi connectivity index (χ1n) is 5.60. The fourth-order valence-electron chi connectivity index (χ4n) is 2.01. The number of benzene rings is 1. The highest BCUT2D eigenvalue weighted by atomic mass is 32.2. The zero-order chi connectivity index (χ0) is 14.2. The van der Waals surface area contributed by atoms with Crippen molar-refractivity contribution in [2.24, 2.45) is 0 Å². The van der Waals surface area contributed by atoms with E-state index in [1.165, 1.54) is 11.8 Å². The summed E-state index contributed by atoms with van der Waals surface area (Å²) in [7, 11) is 0. The first kappa shape index (κ1) is 13.8. The molecule has 0 aromatic heterocycles. The molecule has 4 nitrogen and oxygen atoms in total. The first-order chi connectivity index (χ1) is 8.88. The number of halogens is 2. The quantitative estimate of drug-likeness (QED) is 0.844. The van der Waals surface area contributed by atoms with E-state index in [2.05, 4.69) is 0 Å². The van der Waals surface area contributed by atoms with Gasteiger partial charge in [-0.05, 0) is 0 Å². The molecular formula is C12H12F2N2O2S. The molecule has 19 heavy (non-hydrogen) atoms. The lowest BCUT2D eigenvalue weighted by molar-refractivity contribution is -0.117. The van der Waals surface area contributed by atoms with Gasteiger partial charge in [0.05, 0.1) is 11.4 Å². The van der Waals surface area contributed by atoms with Gasteiger partial charge < -0.3 is 10.6 Å². The number of carbonyl (C=O) groups excluding carboxylic acids is 2. The Bertz CT molecular complexity index is 551. The molecule has 2 N–H and O–H groups in total. The highest BCUT2D eigenvalue weighted by Crippen LogP contribution is 2.33. The second kappa shape index (κ2) is 5.16. The van der Waals surface area contributed by atoms with Gasteiger partial charge in [0.25, 0.3) is 0 Å². The smallest absolute Gasteiger partial charge is 0.228 e. The van der Waals surface area contributed by atoms with Crippen LogP contribution in [0.5, 0.6) is 0 Å². The molecule has 1 aromatic rings. The van der Waals surface area contributed by atoms with Gasteiger partial charge in [0.1, 0.15) is 0 Å². The van der Waals surface area contributed by atoms with Crippen molar-refractivity contribution in [2.45, 2.75) is 18.6 Å². The molecule has 1 saturated heterocycles. The monoisotopic (exact) mass is 286 g/mol. The van der Waals surface area contributed by atoms with Gasteiger partial charge in [0.15, 0.2) is 16.7 Å². The Morgan fingerprint density at radius 1 is 1.42 bits per heavy atom. The molecule has 7 heteroatoms. The fourth-order valence-corrected chi connectivity index (χ4v) is 2.93. The summed E-state index contributed by atoms with van der Waals surface area (Å²) >= 11 is 1.07. The van der Waals surface area contributed by atoms with Crippen molar-refractivity contribution < 1.29 is 18.4 Å². The molecule has 1 aliphatic heterocycles. The third-order valence-electron chi connectivity index (χ3n) is 2.78. The topological polar surface area (TPSA) is 63.4 Å². The Balaban J connectivity index is 2.25. The minimum Gasteiger partial charge on any atom is -0.397 e. The molecule has 1 fully saturated rings. The van der Waals surface area contributed by atoms with Gasteiger partial charge in [-0.15, -0.1) is 0 Å². The van der Waals surface area contributed by atoms with Crippen LogP contribution in [0.2, 0.25) is 0 Å². The molecule has 1 aromatic carbocycles. The second-order valence-corrected chi connectivity index (χ2v) is 5.74. The first-order valence-corrected chi connectivity index (χ1v) is 6.48. The Morgan fingerprint density at radius 2 is 2.05 bits per heavy atom. The van der Waals surface area contributed by atoms with Crippen LogP contribution in [0.3, 0.4) is 0 Å². The number of thioether (sulfide) groups is 1. The summed E-state index contributed by atoms with van der Waals surface area (Å²) in [5.74, 6) is -2.36. The third kappa shape index (κ3) is 2.86. The van der Waals surface area contributed by atoms with Gasteiger partial charge in [0, 0.05) is 37.3 Å². The Labute approximate surface area is 112 Å². The molecule has 0 aliphatic carbocycles. The largest absolute Gasteiger partial charge is 0.397 e. The third-order valence-corrected chi connectivity index (χ3v) is 3.76. The number of hydrogen-bond donors (Lipinski definition) is 1. The molecule has 0 spiro atoms. The molecule has 0 bridgehead atoms. The van der Waals surface area contributed by atoms with Gasteiger partial charge in [-0.1, -0.05) is 11.8 Å². The highest BCUT2D eigenvalue weighted by Gasteiger charge is 2.33. The fraction of sp³-hybridized carbons (Fsp3) is 0.333. The van der Waals surface area contributed by atoms with Crippen LogP contribution in [0, 0.1) is 11.6 Å². The molecule has 1 atom stereocenters. The molecule has 102 valence electrons. The van der Waals surface area contributed by atoms with Crippen molar-refractivity contribution in [1.29, 1.82) is 0 Å². The number of amides is 1. The van der Waals surface area contributed by atoms with E-state index in [0.29, 0.717) is 0 Å². The van der Waals surface area contributed by atoms with Crippen LogP contribution in [0.25, 0.3) is 0 Å². The van der Waals surface area contributed by atoms with Crippen molar-refractivity contribution in [1.82, 2.24) is 0 Å². The summed E-state index contributed by atoms with van der Waals surface area (Å²) < 4.78 is 26.2. The van der Waals surface area contributed by atoms with Crippen molar-refractivity contribution in [3.8, 4) is 0 Å². The summed E-state index contributed by atoms with van der Waals surface area (Å²) in [4.78, 5) is 24.1. The summed E-state index contributed by atoms with van der Waals surface area (Å²) in [6.45, 7) is 1.68. The Morgan fingerprint density at radius 3 is 2.68 bits per heavy atom. The van der Waals surface area contributed by atoms with E-state index in [0.717, 1.165) is 23.9 Å². The van der Waals surface area contributed by atoms with E-state index in [4.69, 9.17) is 5.73 Å². The lowest BCUT2D eigenvalue weighted by atomic mass is 10.2. The number of nitrogen functional groups attached to an aromatic ring is 1. The molecular weight excluding hydrogens is 274 g/mol. The Hall–Kier alpha value is -1.63. The minimum absolute atomic E-state index is 0.000671. The van der Waals surface area contributed by atoms with Gasteiger partial charge in [-0.3, -0.25) is 9.59 Å². The van der Waals surface area contributed by atoms with E-state index in [1.54, 1.807) is 0 Å². The van der Waals surface area contributed by atoms with E-state index in [-0.39, 0.29) is 40.6 Å². The van der Waals surface area contributed by atoms with Crippen molar-refractivity contribution >= 4 is 34.2 Å².